The zero-order chi connectivity index (χ0) is 21.5. The maximum atomic E-state index is 12.4. The molecule has 2 heterocycles. The monoisotopic (exact) mass is 409 g/mol. The first-order valence-electron chi connectivity index (χ1n) is 10.0. The van der Waals surface area contributed by atoms with E-state index in [1.54, 1.807) is 17.2 Å². The summed E-state index contributed by atoms with van der Waals surface area (Å²) >= 11 is 0. The standard InChI is InChI=1S/C22H27N5O3/c1-15-4-3-5-18(12-15)25-22(30)24-14-20(28)27-10-7-17(8-11-27)21(29)26-19-13-16(2)6-9-23-19/h3-6,9,12-13,17H,7-8,10-11,14H2,1-2H3,(H,23,26,29)(H2,24,25,30). The molecule has 1 aromatic carbocycles. The molecule has 3 N–H and O–H groups in total. The van der Waals surface area contributed by atoms with E-state index in [0.717, 1.165) is 11.1 Å². The second-order valence-electron chi connectivity index (χ2n) is 7.54. The Hall–Kier alpha value is -3.42. The molecule has 158 valence electrons. The van der Waals surface area contributed by atoms with E-state index in [0.29, 0.717) is 37.4 Å². The van der Waals surface area contributed by atoms with Crippen molar-refractivity contribution in [2.45, 2.75) is 26.7 Å². The highest BCUT2D eigenvalue weighted by Crippen LogP contribution is 2.19. The number of nitrogens with one attached hydrogen (secondary N) is 3. The summed E-state index contributed by atoms with van der Waals surface area (Å²) in [6, 6.07) is 10.7. The van der Waals surface area contributed by atoms with Gasteiger partial charge in [-0.15, -0.1) is 0 Å². The Kier molecular flexibility index (Phi) is 7.00. The van der Waals surface area contributed by atoms with Gasteiger partial charge in [-0.1, -0.05) is 12.1 Å². The zero-order valence-electron chi connectivity index (χ0n) is 17.3. The number of carbonyl (C=O) groups excluding carboxylic acids is 3. The third-order valence-electron chi connectivity index (χ3n) is 5.06. The van der Waals surface area contributed by atoms with Crippen LogP contribution in [0, 0.1) is 19.8 Å². The number of urea groups is 1. The number of carbonyl (C=O) groups is 3. The normalized spacial score (nSPS) is 14.1. The number of aromatic nitrogens is 1. The number of aryl methyl sites for hydroxylation is 2. The Balaban J connectivity index is 1.40. The third-order valence-corrected chi connectivity index (χ3v) is 5.06. The molecule has 8 heteroatoms. The smallest absolute Gasteiger partial charge is 0.319 e. The number of hydrogen-bond donors (Lipinski definition) is 3. The second kappa shape index (κ2) is 9.87. The highest BCUT2D eigenvalue weighted by atomic mass is 16.2. The summed E-state index contributed by atoms with van der Waals surface area (Å²) in [6.07, 6.45) is 2.83. The maximum Gasteiger partial charge on any atom is 0.319 e. The molecule has 1 aromatic heterocycles. The average molecular weight is 409 g/mol. The molecule has 0 unspecified atom stereocenters. The van der Waals surface area contributed by atoms with Gasteiger partial charge in [-0.3, -0.25) is 9.59 Å². The molecule has 0 atom stereocenters. The van der Waals surface area contributed by atoms with Crippen molar-refractivity contribution in [2.75, 3.05) is 30.3 Å². The van der Waals surface area contributed by atoms with Crippen LogP contribution in [0.3, 0.4) is 0 Å². The number of likely N-dealkylation sites (tertiary alicyclic amines) is 1. The highest BCUT2D eigenvalue weighted by Gasteiger charge is 2.27. The van der Waals surface area contributed by atoms with E-state index in [1.807, 2.05) is 44.2 Å². The predicted molar refractivity (Wildman–Crippen MR) is 115 cm³/mol. The molecule has 0 bridgehead atoms. The molecule has 1 aliphatic rings. The van der Waals surface area contributed by atoms with Crippen LogP contribution in [0.1, 0.15) is 24.0 Å². The summed E-state index contributed by atoms with van der Waals surface area (Å²) in [5.74, 6) is 0.153. The number of anilines is 2. The first-order chi connectivity index (χ1) is 14.4. The van der Waals surface area contributed by atoms with Crippen LogP contribution in [0.4, 0.5) is 16.3 Å². The van der Waals surface area contributed by atoms with Crippen molar-refractivity contribution in [1.29, 1.82) is 0 Å². The number of rotatable bonds is 5. The van der Waals surface area contributed by atoms with Gasteiger partial charge in [0.2, 0.25) is 11.8 Å². The number of pyridine rings is 1. The van der Waals surface area contributed by atoms with Gasteiger partial charge >= 0.3 is 6.03 Å². The minimum Gasteiger partial charge on any atom is -0.341 e. The van der Waals surface area contributed by atoms with E-state index in [1.165, 1.54) is 0 Å². The molecule has 8 nitrogen and oxygen atoms in total. The van der Waals surface area contributed by atoms with Crippen molar-refractivity contribution >= 4 is 29.4 Å². The van der Waals surface area contributed by atoms with Gasteiger partial charge in [0.15, 0.2) is 0 Å². The van der Waals surface area contributed by atoms with Crippen molar-refractivity contribution in [3.63, 3.8) is 0 Å². The predicted octanol–water partition coefficient (Wildman–Crippen LogP) is 2.70. The first-order valence-corrected chi connectivity index (χ1v) is 10.0. The molecule has 4 amide bonds. The summed E-state index contributed by atoms with van der Waals surface area (Å²) in [5, 5.41) is 8.15. The number of hydrogen-bond acceptors (Lipinski definition) is 4. The lowest BCUT2D eigenvalue weighted by Crippen LogP contribution is -2.46. The number of benzene rings is 1. The molecule has 30 heavy (non-hydrogen) atoms. The van der Waals surface area contributed by atoms with Crippen LogP contribution < -0.4 is 16.0 Å². The molecule has 3 rings (SSSR count). The van der Waals surface area contributed by atoms with Crippen molar-refractivity contribution in [3.8, 4) is 0 Å². The lowest BCUT2D eigenvalue weighted by molar-refractivity contribution is -0.133. The molecular formula is C22H27N5O3. The lowest BCUT2D eigenvalue weighted by atomic mass is 9.96. The van der Waals surface area contributed by atoms with Crippen LogP contribution in [-0.4, -0.2) is 47.4 Å². The molecule has 1 saturated heterocycles. The fraction of sp³-hybridized carbons (Fsp3) is 0.364. The Morgan fingerprint density at radius 1 is 1.03 bits per heavy atom. The van der Waals surface area contributed by atoms with E-state index in [9.17, 15) is 14.4 Å². The third kappa shape index (κ3) is 6.04. The fourth-order valence-corrected chi connectivity index (χ4v) is 3.39. The topological polar surface area (TPSA) is 103 Å². The van der Waals surface area contributed by atoms with E-state index >= 15 is 0 Å². The van der Waals surface area contributed by atoms with Crippen LogP contribution in [0.2, 0.25) is 0 Å². The minimum atomic E-state index is -0.422. The SMILES string of the molecule is Cc1cccc(NC(=O)NCC(=O)N2CCC(C(=O)Nc3cc(C)ccn3)CC2)c1. The van der Waals surface area contributed by atoms with Gasteiger partial charge in [0, 0.05) is 30.9 Å². The number of amides is 4. The molecule has 2 aromatic rings. The molecule has 0 radical (unpaired) electrons. The van der Waals surface area contributed by atoms with Gasteiger partial charge in [-0.05, 0) is 62.1 Å². The van der Waals surface area contributed by atoms with Gasteiger partial charge < -0.3 is 20.9 Å². The van der Waals surface area contributed by atoms with Gasteiger partial charge in [0.05, 0.1) is 6.54 Å². The largest absolute Gasteiger partial charge is 0.341 e. The van der Waals surface area contributed by atoms with Crippen LogP contribution in [0.25, 0.3) is 0 Å². The van der Waals surface area contributed by atoms with Crippen molar-refractivity contribution in [2.24, 2.45) is 5.92 Å². The van der Waals surface area contributed by atoms with Crippen LogP contribution in [-0.2, 0) is 9.59 Å². The van der Waals surface area contributed by atoms with Crippen molar-refractivity contribution < 1.29 is 14.4 Å². The van der Waals surface area contributed by atoms with Crippen molar-refractivity contribution in [3.05, 3.63) is 53.7 Å². The average Bonchev–Trinajstić information content (AvgIpc) is 2.72. The number of nitrogens with zero attached hydrogens (tertiary/aromatic N) is 2. The Bertz CT molecular complexity index is 922. The Morgan fingerprint density at radius 3 is 2.47 bits per heavy atom. The molecule has 0 saturated carbocycles. The Labute approximate surface area is 176 Å². The van der Waals surface area contributed by atoms with Gasteiger partial charge in [-0.25, -0.2) is 9.78 Å². The molecule has 0 aliphatic carbocycles. The van der Waals surface area contributed by atoms with E-state index in [-0.39, 0.29) is 24.3 Å². The summed E-state index contributed by atoms with van der Waals surface area (Å²) in [5.41, 5.74) is 2.74. The summed E-state index contributed by atoms with van der Waals surface area (Å²) in [7, 11) is 0. The van der Waals surface area contributed by atoms with Gasteiger partial charge in [0.1, 0.15) is 5.82 Å². The van der Waals surface area contributed by atoms with Gasteiger partial charge in [-0.2, -0.15) is 0 Å². The molecule has 1 fully saturated rings. The van der Waals surface area contributed by atoms with E-state index in [4.69, 9.17) is 0 Å². The van der Waals surface area contributed by atoms with Gasteiger partial charge in [0.25, 0.3) is 0 Å². The quantitative estimate of drug-likeness (QED) is 0.706. The van der Waals surface area contributed by atoms with Crippen LogP contribution >= 0.6 is 0 Å². The van der Waals surface area contributed by atoms with Crippen LogP contribution in [0.5, 0.6) is 0 Å². The van der Waals surface area contributed by atoms with E-state index in [2.05, 4.69) is 20.9 Å². The fourth-order valence-electron chi connectivity index (χ4n) is 3.39. The first kappa shape index (κ1) is 21.3. The Morgan fingerprint density at radius 2 is 1.77 bits per heavy atom. The molecular weight excluding hydrogens is 382 g/mol. The lowest BCUT2D eigenvalue weighted by Gasteiger charge is -2.31. The zero-order valence-corrected chi connectivity index (χ0v) is 17.3. The number of piperidine rings is 1. The highest BCUT2D eigenvalue weighted by molar-refractivity contribution is 5.93. The summed E-state index contributed by atoms with van der Waals surface area (Å²) in [4.78, 5) is 42.7. The molecule has 0 spiro atoms. The minimum absolute atomic E-state index is 0.0733. The van der Waals surface area contributed by atoms with Crippen LogP contribution in [0.15, 0.2) is 42.6 Å². The molecule has 1 aliphatic heterocycles. The van der Waals surface area contributed by atoms with Crippen molar-refractivity contribution in [1.82, 2.24) is 15.2 Å². The maximum absolute atomic E-state index is 12.4. The second-order valence-corrected chi connectivity index (χ2v) is 7.54. The summed E-state index contributed by atoms with van der Waals surface area (Å²) < 4.78 is 0. The summed E-state index contributed by atoms with van der Waals surface area (Å²) in [6.45, 7) is 4.77. The van der Waals surface area contributed by atoms with E-state index < -0.39 is 6.03 Å².